The molecule has 1 aromatic rings. The van der Waals surface area contributed by atoms with Gasteiger partial charge in [-0.3, -0.25) is 0 Å². The van der Waals surface area contributed by atoms with E-state index in [9.17, 15) is 0 Å². The Balaban J connectivity index is 2.28. The first-order chi connectivity index (χ1) is 8.88. The van der Waals surface area contributed by atoms with Gasteiger partial charge in [0.05, 0.1) is 0 Å². The fraction of sp³-hybridized carbons (Fsp3) is 0.556. The van der Waals surface area contributed by atoms with Crippen molar-refractivity contribution in [1.29, 1.82) is 0 Å². The molecule has 0 saturated heterocycles. The zero-order valence-corrected chi connectivity index (χ0v) is 11.9. The fourth-order valence-electron chi connectivity index (χ4n) is 2.52. The summed E-state index contributed by atoms with van der Waals surface area (Å²) in [6.07, 6.45) is 12.8. The summed E-state index contributed by atoms with van der Waals surface area (Å²) in [5, 5.41) is 0. The van der Waals surface area contributed by atoms with E-state index in [0.29, 0.717) is 5.92 Å². The predicted molar refractivity (Wildman–Crippen MR) is 82.0 cm³/mol. The van der Waals surface area contributed by atoms with E-state index in [1.54, 1.807) is 0 Å². The van der Waals surface area contributed by atoms with Crippen molar-refractivity contribution in [3.05, 3.63) is 48.6 Å². The van der Waals surface area contributed by atoms with Crippen LogP contribution in [0.2, 0.25) is 0 Å². The van der Waals surface area contributed by atoms with Gasteiger partial charge in [-0.2, -0.15) is 0 Å². The second-order valence-electron chi connectivity index (χ2n) is 5.19. The molecule has 0 aromatic heterocycles. The Morgan fingerprint density at radius 3 is 2.33 bits per heavy atom. The van der Waals surface area contributed by atoms with E-state index >= 15 is 0 Å². The van der Waals surface area contributed by atoms with Gasteiger partial charge < -0.3 is 0 Å². The molecule has 100 valence electrons. The summed E-state index contributed by atoms with van der Waals surface area (Å²) in [6.45, 7) is 6.17. The third-order valence-electron chi connectivity index (χ3n) is 3.63. The van der Waals surface area contributed by atoms with E-state index in [2.05, 4.69) is 49.9 Å². The van der Waals surface area contributed by atoms with Gasteiger partial charge in [-0.25, -0.2) is 0 Å². The molecule has 1 aromatic carbocycles. The van der Waals surface area contributed by atoms with E-state index in [-0.39, 0.29) is 0 Å². The molecule has 0 spiro atoms. The van der Waals surface area contributed by atoms with E-state index in [1.165, 1.54) is 50.5 Å². The van der Waals surface area contributed by atoms with E-state index < -0.39 is 0 Å². The standard InChI is InChI=1S/C18H28/c1-3-5-6-7-8-10-14-17(13-4-2)18-15-11-9-12-16-18/h4,9,11-12,15-17H,2-3,5-8,10,13-14H2,1H3. The average Bonchev–Trinajstić information content (AvgIpc) is 2.42. The first kappa shape index (κ1) is 15.0. The summed E-state index contributed by atoms with van der Waals surface area (Å²) < 4.78 is 0. The van der Waals surface area contributed by atoms with Gasteiger partial charge in [0.25, 0.3) is 0 Å². The van der Waals surface area contributed by atoms with E-state index in [1.807, 2.05) is 0 Å². The largest absolute Gasteiger partial charge is 0.103 e. The van der Waals surface area contributed by atoms with Crippen LogP contribution in [0.15, 0.2) is 43.0 Å². The molecule has 0 aliphatic carbocycles. The highest BCUT2D eigenvalue weighted by molar-refractivity contribution is 5.20. The molecule has 0 saturated carbocycles. The van der Waals surface area contributed by atoms with Gasteiger partial charge in [0.2, 0.25) is 0 Å². The lowest BCUT2D eigenvalue weighted by Gasteiger charge is -2.15. The third kappa shape index (κ3) is 6.05. The predicted octanol–water partition coefficient (Wildman–Crippen LogP) is 6.10. The van der Waals surface area contributed by atoms with Gasteiger partial charge in [0.1, 0.15) is 0 Å². The van der Waals surface area contributed by atoms with Crippen molar-refractivity contribution in [3.8, 4) is 0 Å². The van der Waals surface area contributed by atoms with E-state index in [4.69, 9.17) is 0 Å². The van der Waals surface area contributed by atoms with Gasteiger partial charge in [-0.15, -0.1) is 6.58 Å². The number of hydrogen-bond acceptors (Lipinski definition) is 0. The molecule has 0 radical (unpaired) electrons. The molecule has 0 nitrogen and oxygen atoms in total. The normalized spacial score (nSPS) is 12.3. The summed E-state index contributed by atoms with van der Waals surface area (Å²) in [5.41, 5.74) is 1.48. The van der Waals surface area contributed by atoms with Crippen LogP contribution in [0.3, 0.4) is 0 Å². The Morgan fingerprint density at radius 1 is 1.00 bits per heavy atom. The molecule has 0 aliphatic rings. The summed E-state index contributed by atoms with van der Waals surface area (Å²) in [7, 11) is 0. The van der Waals surface area contributed by atoms with Crippen LogP contribution < -0.4 is 0 Å². The minimum Gasteiger partial charge on any atom is -0.103 e. The molecule has 0 amide bonds. The van der Waals surface area contributed by atoms with Crippen LogP contribution in [0.25, 0.3) is 0 Å². The van der Waals surface area contributed by atoms with Crippen LogP contribution in [-0.2, 0) is 0 Å². The van der Waals surface area contributed by atoms with Crippen LogP contribution in [0, 0.1) is 0 Å². The van der Waals surface area contributed by atoms with Gasteiger partial charge in [-0.1, -0.05) is 81.9 Å². The Morgan fingerprint density at radius 2 is 1.67 bits per heavy atom. The van der Waals surface area contributed by atoms with Crippen LogP contribution in [-0.4, -0.2) is 0 Å². The zero-order chi connectivity index (χ0) is 13.1. The molecule has 1 atom stereocenters. The van der Waals surface area contributed by atoms with Crippen molar-refractivity contribution in [1.82, 2.24) is 0 Å². The van der Waals surface area contributed by atoms with Crippen LogP contribution in [0.5, 0.6) is 0 Å². The molecular formula is C18H28. The second-order valence-corrected chi connectivity index (χ2v) is 5.19. The van der Waals surface area contributed by atoms with Gasteiger partial charge in [0, 0.05) is 0 Å². The summed E-state index contributed by atoms with van der Waals surface area (Å²) >= 11 is 0. The van der Waals surface area contributed by atoms with Crippen LogP contribution in [0.4, 0.5) is 0 Å². The van der Waals surface area contributed by atoms with Gasteiger partial charge in [0.15, 0.2) is 0 Å². The van der Waals surface area contributed by atoms with E-state index in [0.717, 1.165) is 6.42 Å². The first-order valence-corrected chi connectivity index (χ1v) is 7.54. The van der Waals surface area contributed by atoms with Crippen LogP contribution >= 0.6 is 0 Å². The zero-order valence-electron chi connectivity index (χ0n) is 11.9. The van der Waals surface area contributed by atoms with Crippen molar-refractivity contribution >= 4 is 0 Å². The Labute approximate surface area is 113 Å². The molecule has 1 unspecified atom stereocenters. The molecule has 0 aliphatic heterocycles. The minimum absolute atomic E-state index is 0.676. The number of benzene rings is 1. The lowest BCUT2D eigenvalue weighted by Crippen LogP contribution is -1.97. The maximum atomic E-state index is 3.89. The number of rotatable bonds is 10. The molecule has 1 rings (SSSR count). The van der Waals surface area contributed by atoms with Gasteiger partial charge in [-0.05, 0) is 24.3 Å². The van der Waals surface area contributed by atoms with Crippen molar-refractivity contribution in [2.45, 2.75) is 64.2 Å². The first-order valence-electron chi connectivity index (χ1n) is 7.54. The molecule has 0 fully saturated rings. The molecule has 18 heavy (non-hydrogen) atoms. The van der Waals surface area contributed by atoms with Crippen molar-refractivity contribution < 1.29 is 0 Å². The maximum Gasteiger partial charge on any atom is -0.0127 e. The summed E-state index contributed by atoms with van der Waals surface area (Å²) in [5.74, 6) is 0.676. The second kappa shape index (κ2) is 9.94. The molecular weight excluding hydrogens is 216 g/mol. The number of unbranched alkanes of at least 4 members (excludes halogenated alkanes) is 5. The lowest BCUT2D eigenvalue weighted by molar-refractivity contribution is 0.541. The smallest absolute Gasteiger partial charge is 0.0127 e. The molecule has 0 heteroatoms. The third-order valence-corrected chi connectivity index (χ3v) is 3.63. The maximum absolute atomic E-state index is 3.89. The Bertz CT molecular complexity index is 299. The Hall–Kier alpha value is -1.04. The van der Waals surface area contributed by atoms with Crippen molar-refractivity contribution in [2.75, 3.05) is 0 Å². The molecule has 0 heterocycles. The average molecular weight is 244 g/mol. The quantitative estimate of drug-likeness (QED) is 0.345. The Kier molecular flexibility index (Phi) is 8.29. The monoisotopic (exact) mass is 244 g/mol. The highest BCUT2D eigenvalue weighted by Crippen LogP contribution is 2.26. The SMILES string of the molecule is C=CCC(CCCCCCCC)c1ccccc1. The van der Waals surface area contributed by atoms with Crippen molar-refractivity contribution in [2.24, 2.45) is 0 Å². The fourth-order valence-corrected chi connectivity index (χ4v) is 2.52. The number of allylic oxidation sites excluding steroid dienone is 1. The highest BCUT2D eigenvalue weighted by Gasteiger charge is 2.08. The number of hydrogen-bond donors (Lipinski definition) is 0. The highest BCUT2D eigenvalue weighted by atomic mass is 14.1. The molecule has 0 N–H and O–H groups in total. The van der Waals surface area contributed by atoms with Gasteiger partial charge >= 0.3 is 0 Å². The van der Waals surface area contributed by atoms with Crippen LogP contribution in [0.1, 0.15) is 69.8 Å². The summed E-state index contributed by atoms with van der Waals surface area (Å²) in [4.78, 5) is 0. The van der Waals surface area contributed by atoms with Crippen molar-refractivity contribution in [3.63, 3.8) is 0 Å². The lowest BCUT2D eigenvalue weighted by atomic mass is 9.90. The molecule has 0 bridgehead atoms. The topological polar surface area (TPSA) is 0 Å². The summed E-state index contributed by atoms with van der Waals surface area (Å²) in [6, 6.07) is 10.9. The minimum atomic E-state index is 0.676.